The number of thiophene rings is 1. The van der Waals surface area contributed by atoms with E-state index < -0.39 is 0 Å². The molecule has 112 valence electrons. The number of amides is 1. The van der Waals surface area contributed by atoms with Gasteiger partial charge in [0.15, 0.2) is 0 Å². The predicted octanol–water partition coefficient (Wildman–Crippen LogP) is 4.50. The van der Waals surface area contributed by atoms with Crippen LogP contribution in [0.3, 0.4) is 0 Å². The molecule has 0 radical (unpaired) electrons. The van der Waals surface area contributed by atoms with Gasteiger partial charge in [-0.1, -0.05) is 6.07 Å². The van der Waals surface area contributed by atoms with Gasteiger partial charge in [-0.15, -0.1) is 11.3 Å². The first-order chi connectivity index (χ1) is 10.6. The van der Waals surface area contributed by atoms with E-state index in [1.807, 2.05) is 22.2 Å². The monoisotopic (exact) mass is 332 g/mol. The molecule has 0 spiro atoms. The van der Waals surface area contributed by atoms with Crippen molar-refractivity contribution in [2.24, 2.45) is 0 Å². The van der Waals surface area contributed by atoms with Gasteiger partial charge in [0.25, 0.3) is 0 Å². The lowest BCUT2D eigenvalue weighted by molar-refractivity contribution is -0.115. The van der Waals surface area contributed by atoms with Gasteiger partial charge in [0, 0.05) is 22.0 Å². The van der Waals surface area contributed by atoms with E-state index in [-0.39, 0.29) is 18.1 Å². The zero-order chi connectivity index (χ0) is 15.5. The first kappa shape index (κ1) is 14.9. The highest BCUT2D eigenvalue weighted by Crippen LogP contribution is 2.26. The maximum Gasteiger partial charge on any atom is 0.230 e. The molecule has 1 amide bonds. The summed E-state index contributed by atoms with van der Waals surface area (Å²) < 4.78 is 13.5. The number of benzene rings is 1. The van der Waals surface area contributed by atoms with Crippen molar-refractivity contribution in [2.75, 3.05) is 5.32 Å². The molecule has 1 aromatic carbocycles. The molecule has 2 aromatic heterocycles. The van der Waals surface area contributed by atoms with E-state index in [0.717, 1.165) is 16.3 Å². The van der Waals surface area contributed by atoms with Crippen LogP contribution in [0, 0.1) is 12.7 Å². The number of carbonyl (C=O) groups is 1. The molecule has 1 N–H and O–H groups in total. The number of hydrogen-bond acceptors (Lipinski definition) is 4. The number of hydrogen-bond donors (Lipinski definition) is 1. The van der Waals surface area contributed by atoms with Crippen LogP contribution in [0.4, 0.5) is 10.1 Å². The van der Waals surface area contributed by atoms with E-state index in [1.165, 1.54) is 17.4 Å². The van der Waals surface area contributed by atoms with Crippen LogP contribution >= 0.6 is 22.7 Å². The highest BCUT2D eigenvalue weighted by Gasteiger charge is 2.10. The lowest BCUT2D eigenvalue weighted by Gasteiger charge is -2.05. The van der Waals surface area contributed by atoms with Gasteiger partial charge in [-0.05, 0) is 36.1 Å². The van der Waals surface area contributed by atoms with Crippen molar-refractivity contribution in [1.29, 1.82) is 0 Å². The van der Waals surface area contributed by atoms with Crippen molar-refractivity contribution in [2.45, 2.75) is 13.3 Å². The third-order valence-electron chi connectivity index (χ3n) is 3.12. The highest BCUT2D eigenvalue weighted by atomic mass is 32.1. The summed E-state index contributed by atoms with van der Waals surface area (Å²) in [5.74, 6) is -0.531. The molecule has 0 unspecified atom stereocenters. The number of aryl methyl sites for hydroxylation is 1. The zero-order valence-electron chi connectivity index (χ0n) is 11.8. The molecule has 0 saturated carbocycles. The maximum atomic E-state index is 13.5. The molecule has 0 saturated heterocycles. The number of thiazole rings is 1. The largest absolute Gasteiger partial charge is 0.326 e. The second-order valence-corrected chi connectivity index (χ2v) is 6.48. The van der Waals surface area contributed by atoms with E-state index in [9.17, 15) is 9.18 Å². The molecule has 0 aliphatic heterocycles. The fourth-order valence-corrected chi connectivity index (χ4v) is 3.48. The van der Waals surface area contributed by atoms with Gasteiger partial charge in [-0.3, -0.25) is 4.79 Å². The number of anilines is 1. The molecular formula is C16H13FN2OS2. The summed E-state index contributed by atoms with van der Waals surface area (Å²) in [6.45, 7) is 1.68. The molecule has 0 aliphatic carbocycles. The molecule has 22 heavy (non-hydrogen) atoms. The van der Waals surface area contributed by atoms with Gasteiger partial charge in [0.2, 0.25) is 5.91 Å². The Bertz CT molecular complexity index is 796. The minimum Gasteiger partial charge on any atom is -0.326 e. The molecule has 3 nitrogen and oxygen atoms in total. The predicted molar refractivity (Wildman–Crippen MR) is 88.9 cm³/mol. The number of nitrogens with one attached hydrogen (secondary N) is 1. The zero-order valence-corrected chi connectivity index (χ0v) is 13.4. The third kappa shape index (κ3) is 3.40. The van der Waals surface area contributed by atoms with Crippen molar-refractivity contribution < 1.29 is 9.18 Å². The Hall–Kier alpha value is -2.05. The molecule has 3 rings (SSSR count). The van der Waals surface area contributed by atoms with Crippen molar-refractivity contribution in [3.05, 3.63) is 57.5 Å². The first-order valence-corrected chi connectivity index (χ1v) is 8.47. The summed E-state index contributed by atoms with van der Waals surface area (Å²) >= 11 is 3.13. The van der Waals surface area contributed by atoms with Gasteiger partial charge < -0.3 is 5.32 Å². The average molecular weight is 332 g/mol. The maximum absolute atomic E-state index is 13.5. The number of nitrogens with zero attached hydrogens (tertiary/aromatic N) is 1. The van der Waals surface area contributed by atoms with Gasteiger partial charge in [-0.25, -0.2) is 9.37 Å². The van der Waals surface area contributed by atoms with Crippen molar-refractivity contribution >= 4 is 34.3 Å². The number of carbonyl (C=O) groups excluding carboxylic acids is 1. The second-order valence-electron chi connectivity index (χ2n) is 4.84. The second kappa shape index (κ2) is 6.37. The Morgan fingerprint density at radius 3 is 2.91 bits per heavy atom. The Morgan fingerprint density at radius 2 is 2.18 bits per heavy atom. The Balaban J connectivity index is 1.65. The van der Waals surface area contributed by atoms with E-state index in [2.05, 4.69) is 10.3 Å². The van der Waals surface area contributed by atoms with E-state index in [1.54, 1.807) is 30.4 Å². The van der Waals surface area contributed by atoms with Crippen LogP contribution in [0.1, 0.15) is 11.3 Å². The molecule has 0 fully saturated rings. The van der Waals surface area contributed by atoms with E-state index >= 15 is 0 Å². The molecule has 6 heteroatoms. The summed E-state index contributed by atoms with van der Waals surface area (Å²) in [6, 6.07) is 6.66. The molecule has 3 aromatic rings. The Kier molecular flexibility index (Phi) is 4.31. The van der Waals surface area contributed by atoms with Crippen molar-refractivity contribution in [3.63, 3.8) is 0 Å². The van der Waals surface area contributed by atoms with Gasteiger partial charge in [-0.2, -0.15) is 11.3 Å². The smallest absolute Gasteiger partial charge is 0.230 e. The first-order valence-electron chi connectivity index (χ1n) is 6.65. The van der Waals surface area contributed by atoms with Crippen LogP contribution in [0.5, 0.6) is 0 Å². The molecule has 0 atom stereocenters. The topological polar surface area (TPSA) is 42.0 Å². The van der Waals surface area contributed by atoms with Crippen LogP contribution in [0.15, 0.2) is 40.4 Å². The molecule has 2 heterocycles. The van der Waals surface area contributed by atoms with Crippen LogP contribution in [0.2, 0.25) is 0 Å². The highest BCUT2D eigenvalue weighted by molar-refractivity contribution is 7.14. The summed E-state index contributed by atoms with van der Waals surface area (Å²) in [4.78, 5) is 16.5. The lowest BCUT2D eigenvalue weighted by Crippen LogP contribution is -2.14. The lowest BCUT2D eigenvalue weighted by atomic mass is 10.2. The van der Waals surface area contributed by atoms with Crippen LogP contribution < -0.4 is 5.32 Å². The van der Waals surface area contributed by atoms with Gasteiger partial charge in [0.1, 0.15) is 10.8 Å². The minimum absolute atomic E-state index is 0.177. The Morgan fingerprint density at radius 1 is 1.32 bits per heavy atom. The quantitative estimate of drug-likeness (QED) is 0.764. The third-order valence-corrected chi connectivity index (χ3v) is 4.74. The fraction of sp³-hybridized carbons (Fsp3) is 0.125. The van der Waals surface area contributed by atoms with Gasteiger partial charge in [0.05, 0.1) is 12.1 Å². The minimum atomic E-state index is -0.328. The van der Waals surface area contributed by atoms with Crippen LogP contribution in [0.25, 0.3) is 10.6 Å². The molecule has 0 aliphatic rings. The van der Waals surface area contributed by atoms with E-state index in [4.69, 9.17) is 0 Å². The normalized spacial score (nSPS) is 10.6. The SMILES string of the molecule is Cc1ccc(NC(=O)Cc2csc(-c3ccsc3)n2)cc1F. The van der Waals surface area contributed by atoms with Crippen LogP contribution in [-0.2, 0) is 11.2 Å². The number of aromatic nitrogens is 1. The van der Waals surface area contributed by atoms with Crippen LogP contribution in [-0.4, -0.2) is 10.9 Å². The summed E-state index contributed by atoms with van der Waals surface area (Å²) in [6.07, 6.45) is 0.177. The summed E-state index contributed by atoms with van der Waals surface area (Å²) in [5, 5.41) is 9.50. The summed E-state index contributed by atoms with van der Waals surface area (Å²) in [5.41, 5.74) is 2.80. The van der Waals surface area contributed by atoms with Gasteiger partial charge >= 0.3 is 0 Å². The molecule has 0 bridgehead atoms. The number of halogens is 1. The van der Waals surface area contributed by atoms with Crippen molar-refractivity contribution in [3.8, 4) is 10.6 Å². The van der Waals surface area contributed by atoms with E-state index in [0.29, 0.717) is 11.3 Å². The van der Waals surface area contributed by atoms with Crippen molar-refractivity contribution in [1.82, 2.24) is 4.98 Å². The standard InChI is InChI=1S/C16H13FN2OS2/c1-10-2-3-12(6-14(10)17)18-15(20)7-13-9-22-16(19-13)11-4-5-21-8-11/h2-6,8-9H,7H2,1H3,(H,18,20). The average Bonchev–Trinajstić information content (AvgIpc) is 3.13. The molecular weight excluding hydrogens is 319 g/mol. The Labute approximate surface area is 135 Å². The fourth-order valence-electron chi connectivity index (χ4n) is 1.95. The summed E-state index contributed by atoms with van der Waals surface area (Å²) in [7, 11) is 0. The number of rotatable bonds is 4.